The average Bonchev–Trinajstić information content (AvgIpc) is 3.73. The maximum absolute atomic E-state index is 6.69. The number of hydrogen-bond acceptors (Lipinski definition) is 2. The molecule has 0 saturated carbocycles. The Bertz CT molecular complexity index is 3070. The van der Waals surface area contributed by atoms with Crippen molar-refractivity contribution in [2.24, 2.45) is 11.5 Å². The van der Waals surface area contributed by atoms with E-state index < -0.39 is 5.41 Å². The molecule has 58 heavy (non-hydrogen) atoms. The number of rotatable bonds is 3. The van der Waals surface area contributed by atoms with Crippen molar-refractivity contribution in [2.75, 3.05) is 0 Å². The summed E-state index contributed by atoms with van der Waals surface area (Å²) < 4.78 is 0. The van der Waals surface area contributed by atoms with E-state index in [4.69, 9.17) is 11.5 Å². The third kappa shape index (κ3) is 5.32. The zero-order valence-corrected chi connectivity index (χ0v) is 33.3. The van der Waals surface area contributed by atoms with Gasteiger partial charge in [-0.15, -0.1) is 0 Å². The highest BCUT2D eigenvalue weighted by atomic mass is 14.6. The Morgan fingerprint density at radius 2 is 1.21 bits per heavy atom. The van der Waals surface area contributed by atoms with Gasteiger partial charge in [0.25, 0.3) is 0 Å². The first-order valence-corrected chi connectivity index (χ1v) is 20.5. The molecule has 1 spiro atoms. The molecular formula is C56H46N2. The molecule has 3 aliphatic carbocycles. The molecule has 8 aromatic carbocycles. The normalized spacial score (nSPS) is 15.4. The Balaban J connectivity index is 0.00000132. The lowest BCUT2D eigenvalue weighted by atomic mass is 9.69. The largest absolute Gasteiger partial charge is 0.402 e. The zero-order chi connectivity index (χ0) is 39.5. The van der Waals surface area contributed by atoms with Crippen molar-refractivity contribution < 1.29 is 0 Å². The predicted octanol–water partition coefficient (Wildman–Crippen LogP) is 14.0. The predicted molar refractivity (Wildman–Crippen MR) is 248 cm³/mol. The molecule has 8 aromatic rings. The maximum Gasteiger partial charge on any atom is 0.0731 e. The highest BCUT2D eigenvalue weighted by Crippen LogP contribution is 2.65. The Labute approximate surface area is 341 Å². The van der Waals surface area contributed by atoms with Gasteiger partial charge in [-0.1, -0.05) is 166 Å². The summed E-state index contributed by atoms with van der Waals surface area (Å²) >= 11 is 0. The lowest BCUT2D eigenvalue weighted by molar-refractivity contribution is 0.803. The lowest BCUT2D eigenvalue weighted by Gasteiger charge is -2.32. The van der Waals surface area contributed by atoms with Gasteiger partial charge in [-0.2, -0.15) is 0 Å². The fourth-order valence-corrected chi connectivity index (χ4v) is 9.78. The third-order valence-electron chi connectivity index (χ3n) is 12.4. The van der Waals surface area contributed by atoms with Crippen LogP contribution in [-0.2, 0) is 5.41 Å². The average molecular weight is 747 g/mol. The molecule has 0 atom stereocenters. The van der Waals surface area contributed by atoms with Crippen LogP contribution < -0.4 is 11.5 Å². The monoisotopic (exact) mass is 746 g/mol. The van der Waals surface area contributed by atoms with Crippen LogP contribution in [0.2, 0.25) is 0 Å². The Morgan fingerprint density at radius 1 is 0.586 bits per heavy atom. The van der Waals surface area contributed by atoms with Crippen LogP contribution in [-0.4, -0.2) is 0 Å². The number of benzene rings is 8. The van der Waals surface area contributed by atoms with Crippen LogP contribution in [0.3, 0.4) is 0 Å². The summed E-state index contributed by atoms with van der Waals surface area (Å²) in [6.45, 7) is 6.30. The molecule has 2 nitrogen and oxygen atoms in total. The first-order valence-electron chi connectivity index (χ1n) is 20.5. The topological polar surface area (TPSA) is 52.0 Å². The third-order valence-corrected chi connectivity index (χ3v) is 12.4. The van der Waals surface area contributed by atoms with E-state index in [1.807, 2.05) is 13.0 Å². The summed E-state index contributed by atoms with van der Waals surface area (Å²) in [6, 6.07) is 56.6. The molecule has 0 heterocycles. The quantitative estimate of drug-likeness (QED) is 0.177. The fraction of sp³-hybridized carbons (Fsp3) is 0.107. The molecule has 11 rings (SSSR count). The molecule has 0 aromatic heterocycles. The van der Waals surface area contributed by atoms with Crippen molar-refractivity contribution >= 4 is 38.0 Å². The molecule has 0 unspecified atom stereocenters. The molecule has 0 bridgehead atoms. The highest BCUT2D eigenvalue weighted by molar-refractivity contribution is 6.20. The van der Waals surface area contributed by atoms with Gasteiger partial charge in [0, 0.05) is 17.8 Å². The summed E-state index contributed by atoms with van der Waals surface area (Å²) in [5.41, 5.74) is 30.4. The van der Waals surface area contributed by atoms with Crippen molar-refractivity contribution in [1.82, 2.24) is 0 Å². The molecule has 2 heteroatoms. The van der Waals surface area contributed by atoms with Gasteiger partial charge in [-0.05, 0) is 142 Å². The van der Waals surface area contributed by atoms with Gasteiger partial charge in [0.1, 0.15) is 0 Å². The van der Waals surface area contributed by atoms with E-state index in [0.717, 1.165) is 45.7 Å². The van der Waals surface area contributed by atoms with Gasteiger partial charge >= 0.3 is 0 Å². The van der Waals surface area contributed by atoms with Gasteiger partial charge < -0.3 is 11.5 Å². The fourth-order valence-electron chi connectivity index (χ4n) is 9.78. The second kappa shape index (κ2) is 13.9. The Hall–Kier alpha value is -6.90. The number of fused-ring (bicyclic) bond motifs is 16. The van der Waals surface area contributed by atoms with E-state index in [1.54, 1.807) is 0 Å². The van der Waals surface area contributed by atoms with Crippen molar-refractivity contribution in [1.29, 1.82) is 0 Å². The van der Waals surface area contributed by atoms with Gasteiger partial charge in [-0.3, -0.25) is 0 Å². The second-order valence-electron chi connectivity index (χ2n) is 16.0. The highest BCUT2D eigenvalue weighted by Gasteiger charge is 2.53. The van der Waals surface area contributed by atoms with E-state index in [2.05, 4.69) is 184 Å². The minimum absolute atomic E-state index is 0.466. The van der Waals surface area contributed by atoms with Gasteiger partial charge in [0.2, 0.25) is 0 Å². The Kier molecular flexibility index (Phi) is 8.53. The van der Waals surface area contributed by atoms with E-state index in [1.165, 1.54) is 83.2 Å². The molecule has 280 valence electrons. The summed E-state index contributed by atoms with van der Waals surface area (Å²) in [5.74, 6) is 0. The first kappa shape index (κ1) is 35.5. The Morgan fingerprint density at radius 3 is 1.91 bits per heavy atom. The van der Waals surface area contributed by atoms with Crippen LogP contribution in [0, 0.1) is 0 Å². The molecule has 4 N–H and O–H groups in total. The van der Waals surface area contributed by atoms with Crippen LogP contribution in [0.15, 0.2) is 193 Å². The zero-order valence-electron chi connectivity index (χ0n) is 33.3. The molecule has 0 saturated heterocycles. The van der Waals surface area contributed by atoms with Crippen LogP contribution in [0.25, 0.3) is 71.4 Å². The minimum Gasteiger partial charge on any atom is -0.402 e. The maximum atomic E-state index is 6.69. The summed E-state index contributed by atoms with van der Waals surface area (Å²) in [7, 11) is 0. The molecule has 0 aliphatic heterocycles. The first-order chi connectivity index (χ1) is 28.4. The lowest BCUT2D eigenvalue weighted by Crippen LogP contribution is -2.26. The molecule has 0 amide bonds. The van der Waals surface area contributed by atoms with Crippen LogP contribution in [0.4, 0.5) is 0 Å². The van der Waals surface area contributed by atoms with Gasteiger partial charge in [-0.25, -0.2) is 0 Å². The SMILES string of the molecule is CC1=C(N)C/C(=C\C=C(/N)c2cccc(-c3ccc4cc5c(cc4c3)C3(c4ccccc4-c4ccccc43)c3c-5c4ccccc4c4ccccc34)c2)C=C1.CCC. The summed E-state index contributed by atoms with van der Waals surface area (Å²) in [4.78, 5) is 0. The molecule has 0 fully saturated rings. The summed E-state index contributed by atoms with van der Waals surface area (Å²) in [5, 5.41) is 7.67. The van der Waals surface area contributed by atoms with Gasteiger partial charge in [0.15, 0.2) is 0 Å². The molecule has 3 aliphatic rings. The smallest absolute Gasteiger partial charge is 0.0731 e. The van der Waals surface area contributed by atoms with Crippen LogP contribution >= 0.6 is 0 Å². The number of nitrogens with two attached hydrogens (primary N) is 2. The standard InChI is InChI=1S/C53H38N2.C3H8/c1-32-21-22-33(27-50(32)55)23-26-49(54)37-12-10-11-34(28-37)35-24-25-36-30-45-48(31-38(36)29-35)53(46-19-8-6-15-41(46)42-16-7-9-20-47(42)53)52-44-18-5-3-14-40(44)39-13-2-4-17-43(39)51(45)52;1-3-2/h2-26,28-31H,27,54-55H2,1H3;3H2,1-2H3/b33-23-,49-26-;. The van der Waals surface area contributed by atoms with Crippen molar-refractivity contribution in [3.8, 4) is 33.4 Å². The van der Waals surface area contributed by atoms with E-state index in [9.17, 15) is 0 Å². The van der Waals surface area contributed by atoms with Crippen molar-refractivity contribution in [2.45, 2.75) is 39.0 Å². The van der Waals surface area contributed by atoms with Crippen molar-refractivity contribution in [3.63, 3.8) is 0 Å². The van der Waals surface area contributed by atoms with Crippen LogP contribution in [0.1, 0.15) is 61.4 Å². The summed E-state index contributed by atoms with van der Waals surface area (Å²) in [6.07, 6.45) is 10.3. The van der Waals surface area contributed by atoms with Crippen LogP contribution in [0.5, 0.6) is 0 Å². The molecule has 0 radical (unpaired) electrons. The van der Waals surface area contributed by atoms with E-state index in [-0.39, 0.29) is 0 Å². The van der Waals surface area contributed by atoms with E-state index >= 15 is 0 Å². The second-order valence-corrected chi connectivity index (χ2v) is 16.0. The number of hydrogen-bond donors (Lipinski definition) is 2. The minimum atomic E-state index is -0.466. The number of allylic oxidation sites excluding steroid dienone is 6. The van der Waals surface area contributed by atoms with Crippen molar-refractivity contribution in [3.05, 3.63) is 221 Å². The molecular weight excluding hydrogens is 701 g/mol. The van der Waals surface area contributed by atoms with E-state index in [0.29, 0.717) is 0 Å². The van der Waals surface area contributed by atoms with Gasteiger partial charge in [0.05, 0.1) is 5.41 Å².